The molecule has 0 fully saturated rings. The predicted octanol–water partition coefficient (Wildman–Crippen LogP) is 2.42. The Hall–Kier alpha value is -2.21. The Kier molecular flexibility index (Phi) is 4.47. The number of hydrogen-bond acceptors (Lipinski definition) is 5. The number of anilines is 1. The number of carbonyl (C=O) groups excluding carboxylic acids is 2. The first-order valence-corrected chi connectivity index (χ1v) is 6.85. The molecule has 0 aliphatic carbocycles. The number of thiazole rings is 1. The van der Waals surface area contributed by atoms with Crippen molar-refractivity contribution in [2.24, 2.45) is 0 Å². The Morgan fingerprint density at radius 1 is 1.30 bits per heavy atom. The van der Waals surface area contributed by atoms with Crippen molar-refractivity contribution in [3.63, 3.8) is 0 Å². The highest BCUT2D eigenvalue weighted by Crippen LogP contribution is 2.12. The number of rotatable bonds is 4. The number of methoxy groups -OCH3 is 1. The van der Waals surface area contributed by atoms with Gasteiger partial charge in [-0.2, -0.15) is 0 Å². The van der Waals surface area contributed by atoms with Gasteiger partial charge in [-0.15, -0.1) is 11.3 Å². The van der Waals surface area contributed by atoms with E-state index in [1.165, 1.54) is 18.4 Å². The van der Waals surface area contributed by atoms with Gasteiger partial charge in [-0.3, -0.25) is 4.79 Å². The lowest BCUT2D eigenvalue weighted by Gasteiger charge is -2.05. The highest BCUT2D eigenvalue weighted by atomic mass is 32.1. The van der Waals surface area contributed by atoms with E-state index in [4.69, 9.17) is 0 Å². The Bertz CT molecular complexity index is 620. The van der Waals surface area contributed by atoms with Crippen LogP contribution >= 0.6 is 11.3 Å². The fourth-order valence-electron chi connectivity index (χ4n) is 1.67. The van der Waals surface area contributed by atoms with Crippen LogP contribution in [-0.4, -0.2) is 24.0 Å². The lowest BCUT2D eigenvalue weighted by atomic mass is 10.2. The van der Waals surface area contributed by atoms with Gasteiger partial charge < -0.3 is 10.1 Å². The number of carbonyl (C=O) groups is 2. The van der Waals surface area contributed by atoms with Crippen molar-refractivity contribution in [2.45, 2.75) is 13.3 Å². The zero-order valence-electron chi connectivity index (χ0n) is 11.2. The van der Waals surface area contributed by atoms with Gasteiger partial charge in [0.15, 0.2) is 0 Å². The van der Waals surface area contributed by atoms with Crippen LogP contribution in [-0.2, 0) is 16.0 Å². The van der Waals surface area contributed by atoms with Gasteiger partial charge in [-0.1, -0.05) is 0 Å². The first kappa shape index (κ1) is 14.2. The third kappa shape index (κ3) is 3.64. The second-order valence-corrected chi connectivity index (χ2v) is 5.21. The van der Waals surface area contributed by atoms with Crippen LogP contribution in [0.15, 0.2) is 29.6 Å². The summed E-state index contributed by atoms with van der Waals surface area (Å²) < 4.78 is 4.61. The second-order valence-electron chi connectivity index (χ2n) is 4.15. The molecule has 0 unspecified atom stereocenters. The van der Waals surface area contributed by atoms with Crippen molar-refractivity contribution >= 4 is 28.9 Å². The van der Waals surface area contributed by atoms with E-state index in [-0.39, 0.29) is 12.3 Å². The van der Waals surface area contributed by atoms with E-state index in [0.29, 0.717) is 11.3 Å². The van der Waals surface area contributed by atoms with Crippen LogP contribution in [0.5, 0.6) is 0 Å². The monoisotopic (exact) mass is 290 g/mol. The molecule has 0 aliphatic rings. The summed E-state index contributed by atoms with van der Waals surface area (Å²) >= 11 is 1.52. The lowest BCUT2D eigenvalue weighted by molar-refractivity contribution is -0.115. The largest absolute Gasteiger partial charge is 0.465 e. The summed E-state index contributed by atoms with van der Waals surface area (Å²) in [6, 6.07) is 6.54. The normalized spacial score (nSPS) is 10.1. The predicted molar refractivity (Wildman–Crippen MR) is 77.0 cm³/mol. The molecule has 0 saturated heterocycles. The first-order valence-electron chi connectivity index (χ1n) is 5.97. The minimum atomic E-state index is -0.402. The fraction of sp³-hybridized carbons (Fsp3) is 0.214. The summed E-state index contributed by atoms with van der Waals surface area (Å²) in [6.07, 6.45) is 0.239. The molecule has 0 spiro atoms. The smallest absolute Gasteiger partial charge is 0.337 e. The summed E-state index contributed by atoms with van der Waals surface area (Å²) in [4.78, 5) is 27.3. The van der Waals surface area contributed by atoms with Gasteiger partial charge in [0, 0.05) is 11.1 Å². The van der Waals surface area contributed by atoms with Crippen LogP contribution in [0.4, 0.5) is 5.69 Å². The molecule has 2 aromatic rings. The zero-order valence-corrected chi connectivity index (χ0v) is 12.0. The number of esters is 1. The van der Waals surface area contributed by atoms with Crippen molar-refractivity contribution in [3.05, 3.63) is 45.9 Å². The van der Waals surface area contributed by atoms with Gasteiger partial charge >= 0.3 is 5.97 Å². The van der Waals surface area contributed by atoms with Crippen LogP contribution in [0.25, 0.3) is 0 Å². The fourth-order valence-corrected chi connectivity index (χ4v) is 2.28. The van der Waals surface area contributed by atoms with E-state index in [9.17, 15) is 9.59 Å². The molecular formula is C14H14N2O3S. The third-order valence-corrected chi connectivity index (χ3v) is 3.42. The molecule has 0 bridgehead atoms. The van der Waals surface area contributed by atoms with E-state index in [1.807, 2.05) is 12.3 Å². The number of nitrogens with one attached hydrogen (secondary N) is 1. The molecule has 0 atom stereocenters. The highest BCUT2D eigenvalue weighted by Gasteiger charge is 2.08. The maximum absolute atomic E-state index is 11.8. The summed E-state index contributed by atoms with van der Waals surface area (Å²) in [5.74, 6) is -0.540. The van der Waals surface area contributed by atoms with Crippen LogP contribution in [0, 0.1) is 6.92 Å². The van der Waals surface area contributed by atoms with Crippen molar-refractivity contribution in [2.75, 3.05) is 12.4 Å². The molecule has 6 heteroatoms. The second kappa shape index (κ2) is 6.29. The molecule has 104 valence electrons. The molecule has 1 heterocycles. The third-order valence-electron chi connectivity index (χ3n) is 2.60. The van der Waals surface area contributed by atoms with E-state index in [2.05, 4.69) is 15.0 Å². The summed E-state index contributed by atoms with van der Waals surface area (Å²) in [6.45, 7) is 1.90. The zero-order chi connectivity index (χ0) is 14.5. The topological polar surface area (TPSA) is 68.3 Å². The van der Waals surface area contributed by atoms with Gasteiger partial charge in [0.2, 0.25) is 5.91 Å². The van der Waals surface area contributed by atoms with E-state index in [1.54, 1.807) is 24.3 Å². The number of aryl methyl sites for hydroxylation is 1. The molecule has 1 N–H and O–H groups in total. The van der Waals surface area contributed by atoms with Gasteiger partial charge in [0.25, 0.3) is 0 Å². The van der Waals surface area contributed by atoms with E-state index in [0.717, 1.165) is 10.7 Å². The number of benzene rings is 1. The van der Waals surface area contributed by atoms with Crippen molar-refractivity contribution in [1.29, 1.82) is 0 Å². The molecule has 5 nitrogen and oxygen atoms in total. The average molecular weight is 290 g/mol. The molecule has 0 saturated carbocycles. The van der Waals surface area contributed by atoms with E-state index >= 15 is 0 Å². The van der Waals surface area contributed by atoms with Crippen LogP contribution in [0.2, 0.25) is 0 Å². The number of aromatic nitrogens is 1. The SMILES string of the molecule is COC(=O)c1ccc(NC(=O)Cc2csc(C)n2)cc1. The minimum absolute atomic E-state index is 0.138. The standard InChI is InChI=1S/C14H14N2O3S/c1-9-15-12(8-20-9)7-13(17)16-11-5-3-10(4-6-11)14(18)19-2/h3-6,8H,7H2,1-2H3,(H,16,17). The van der Waals surface area contributed by atoms with Crippen molar-refractivity contribution < 1.29 is 14.3 Å². The number of hydrogen-bond donors (Lipinski definition) is 1. The Labute approximate surface area is 120 Å². The van der Waals surface area contributed by atoms with Crippen LogP contribution in [0.3, 0.4) is 0 Å². The molecule has 20 heavy (non-hydrogen) atoms. The number of nitrogens with zero attached hydrogens (tertiary/aromatic N) is 1. The minimum Gasteiger partial charge on any atom is -0.465 e. The summed E-state index contributed by atoms with van der Waals surface area (Å²) in [5.41, 5.74) is 1.84. The highest BCUT2D eigenvalue weighted by molar-refractivity contribution is 7.09. The maximum atomic E-state index is 11.8. The Morgan fingerprint density at radius 2 is 2.00 bits per heavy atom. The molecular weight excluding hydrogens is 276 g/mol. The molecule has 2 rings (SSSR count). The summed E-state index contributed by atoms with van der Waals surface area (Å²) in [7, 11) is 1.33. The Morgan fingerprint density at radius 3 is 2.55 bits per heavy atom. The van der Waals surface area contributed by atoms with Crippen molar-refractivity contribution in [3.8, 4) is 0 Å². The van der Waals surface area contributed by atoms with Gasteiger partial charge in [0.05, 0.1) is 29.8 Å². The quantitative estimate of drug-likeness (QED) is 0.878. The molecule has 1 aromatic carbocycles. The average Bonchev–Trinajstić information content (AvgIpc) is 2.84. The lowest BCUT2D eigenvalue weighted by Crippen LogP contribution is -2.14. The van der Waals surface area contributed by atoms with Crippen LogP contribution in [0.1, 0.15) is 21.1 Å². The number of amides is 1. The van der Waals surface area contributed by atoms with Gasteiger partial charge in [-0.25, -0.2) is 9.78 Å². The first-order chi connectivity index (χ1) is 9.58. The van der Waals surface area contributed by atoms with Gasteiger partial charge in [0.1, 0.15) is 0 Å². The summed E-state index contributed by atoms with van der Waals surface area (Å²) in [5, 5.41) is 5.57. The number of ether oxygens (including phenoxy) is 1. The molecule has 0 aliphatic heterocycles. The Balaban J connectivity index is 1.96. The maximum Gasteiger partial charge on any atom is 0.337 e. The van der Waals surface area contributed by atoms with Crippen LogP contribution < -0.4 is 5.32 Å². The molecule has 1 amide bonds. The van der Waals surface area contributed by atoms with E-state index < -0.39 is 5.97 Å². The molecule has 0 radical (unpaired) electrons. The molecule has 1 aromatic heterocycles. The van der Waals surface area contributed by atoms with Gasteiger partial charge in [-0.05, 0) is 31.2 Å². The van der Waals surface area contributed by atoms with Crippen molar-refractivity contribution in [1.82, 2.24) is 4.98 Å².